The molecule has 3 rings (SSSR count). The van der Waals surface area contributed by atoms with E-state index in [0.717, 1.165) is 18.2 Å². The van der Waals surface area contributed by atoms with Crippen molar-refractivity contribution in [1.29, 1.82) is 5.26 Å². The molecule has 0 N–H and O–H groups in total. The average molecular weight is 177 g/mol. The molecule has 1 atom stereocenters. The molecule has 70 valence electrons. The summed E-state index contributed by atoms with van der Waals surface area (Å²) in [7, 11) is 1.73. The fourth-order valence-corrected chi connectivity index (χ4v) is 2.57. The maximum atomic E-state index is 8.91. The van der Waals surface area contributed by atoms with Gasteiger partial charge in [-0.3, -0.25) is 4.99 Å². The van der Waals surface area contributed by atoms with Gasteiger partial charge in [-0.15, -0.1) is 0 Å². The van der Waals surface area contributed by atoms with Crippen LogP contribution in [0.2, 0.25) is 0 Å². The highest BCUT2D eigenvalue weighted by Crippen LogP contribution is 2.32. The van der Waals surface area contributed by atoms with Crippen LogP contribution < -0.4 is 0 Å². The minimum Gasteiger partial charge on any atom is -0.303 e. The first-order chi connectivity index (χ1) is 6.35. The summed E-state index contributed by atoms with van der Waals surface area (Å²) in [5.74, 6) is 1.15. The molecule has 3 heteroatoms. The van der Waals surface area contributed by atoms with E-state index in [2.05, 4.69) is 16.0 Å². The van der Waals surface area contributed by atoms with Crippen LogP contribution in [0.25, 0.3) is 0 Å². The lowest BCUT2D eigenvalue weighted by molar-refractivity contribution is 0.0826. The topological polar surface area (TPSA) is 39.4 Å². The maximum Gasteiger partial charge on any atom is 0.116 e. The molecule has 2 bridgehead atoms. The van der Waals surface area contributed by atoms with Crippen LogP contribution in [0.15, 0.2) is 4.99 Å². The van der Waals surface area contributed by atoms with E-state index >= 15 is 0 Å². The highest BCUT2D eigenvalue weighted by Gasteiger charge is 2.36. The minimum absolute atomic E-state index is 0.428. The number of nitrogens with zero attached hydrogens (tertiary/aromatic N) is 3. The molecule has 3 aliphatic rings. The molecule has 0 radical (unpaired) electrons. The van der Waals surface area contributed by atoms with E-state index < -0.39 is 0 Å². The number of fused-ring (bicyclic) bond motifs is 3. The number of hydrogen-bond acceptors (Lipinski definition) is 3. The Morgan fingerprint density at radius 3 is 2.54 bits per heavy atom. The lowest BCUT2D eigenvalue weighted by atomic mass is 9.77. The van der Waals surface area contributed by atoms with Gasteiger partial charge in [0.2, 0.25) is 0 Å². The molecule has 3 heterocycles. The first-order valence-electron chi connectivity index (χ1n) is 4.94. The van der Waals surface area contributed by atoms with E-state index in [9.17, 15) is 0 Å². The summed E-state index contributed by atoms with van der Waals surface area (Å²) in [6.45, 7) is 3.51. The molecule has 0 aromatic carbocycles. The SMILES string of the molecule is CN=C(C#N)C1CN2CCC1CC2. The summed E-state index contributed by atoms with van der Waals surface area (Å²) < 4.78 is 0. The highest BCUT2D eigenvalue weighted by molar-refractivity contribution is 6.00. The van der Waals surface area contributed by atoms with Gasteiger partial charge in [0.05, 0.1) is 0 Å². The second-order valence-electron chi connectivity index (χ2n) is 3.97. The third kappa shape index (κ3) is 1.47. The Kier molecular flexibility index (Phi) is 2.32. The molecular formula is C10H15N3. The van der Waals surface area contributed by atoms with Crippen LogP contribution in [-0.2, 0) is 0 Å². The van der Waals surface area contributed by atoms with Crippen LogP contribution >= 0.6 is 0 Å². The number of piperidine rings is 3. The normalized spacial score (nSPS) is 38.8. The van der Waals surface area contributed by atoms with Crippen molar-refractivity contribution < 1.29 is 0 Å². The second kappa shape index (κ2) is 3.47. The summed E-state index contributed by atoms with van der Waals surface area (Å²) in [4.78, 5) is 6.53. The van der Waals surface area contributed by atoms with E-state index in [0.29, 0.717) is 5.92 Å². The van der Waals surface area contributed by atoms with Gasteiger partial charge >= 0.3 is 0 Å². The first kappa shape index (κ1) is 8.71. The van der Waals surface area contributed by atoms with Crippen molar-refractivity contribution in [2.24, 2.45) is 16.8 Å². The molecule has 3 nitrogen and oxygen atoms in total. The van der Waals surface area contributed by atoms with Crippen LogP contribution in [0.3, 0.4) is 0 Å². The van der Waals surface area contributed by atoms with E-state index in [1.807, 2.05) is 0 Å². The first-order valence-corrected chi connectivity index (χ1v) is 4.94. The van der Waals surface area contributed by atoms with E-state index in [-0.39, 0.29) is 0 Å². The van der Waals surface area contributed by atoms with Gasteiger partial charge in [-0.1, -0.05) is 0 Å². The summed E-state index contributed by atoms with van der Waals surface area (Å²) in [5, 5.41) is 8.91. The standard InChI is InChI=1S/C10H15N3/c1-12-10(6-11)9-7-13-4-2-8(9)3-5-13/h8-9H,2-5,7H2,1H3. The summed E-state index contributed by atoms with van der Waals surface area (Å²) in [6, 6.07) is 2.23. The molecular weight excluding hydrogens is 162 g/mol. The predicted octanol–water partition coefficient (Wildman–Crippen LogP) is 0.923. The molecule has 0 aliphatic carbocycles. The van der Waals surface area contributed by atoms with Gasteiger partial charge in [0, 0.05) is 19.5 Å². The third-order valence-corrected chi connectivity index (χ3v) is 3.36. The summed E-state index contributed by atoms with van der Waals surface area (Å²) in [5.41, 5.74) is 0.759. The van der Waals surface area contributed by atoms with Gasteiger partial charge in [-0.25, -0.2) is 0 Å². The minimum atomic E-state index is 0.428. The van der Waals surface area contributed by atoms with Crippen molar-refractivity contribution in [3.05, 3.63) is 0 Å². The van der Waals surface area contributed by atoms with E-state index in [1.165, 1.54) is 25.9 Å². The number of rotatable bonds is 1. The Morgan fingerprint density at radius 2 is 2.15 bits per heavy atom. The quantitative estimate of drug-likeness (QED) is 0.559. The average Bonchev–Trinajstić information content (AvgIpc) is 2.22. The van der Waals surface area contributed by atoms with Crippen molar-refractivity contribution in [2.45, 2.75) is 12.8 Å². The van der Waals surface area contributed by atoms with Crippen molar-refractivity contribution in [3.8, 4) is 6.07 Å². The van der Waals surface area contributed by atoms with Crippen molar-refractivity contribution >= 4 is 5.71 Å². The summed E-state index contributed by atoms with van der Waals surface area (Å²) >= 11 is 0. The maximum absolute atomic E-state index is 8.91. The Bertz CT molecular complexity index is 256. The molecule has 0 spiro atoms. The molecule has 0 aromatic heterocycles. The van der Waals surface area contributed by atoms with Crippen molar-refractivity contribution in [1.82, 2.24) is 4.90 Å². The monoisotopic (exact) mass is 177 g/mol. The van der Waals surface area contributed by atoms with Crippen LogP contribution in [-0.4, -0.2) is 37.3 Å². The van der Waals surface area contributed by atoms with Crippen molar-refractivity contribution in [2.75, 3.05) is 26.7 Å². The van der Waals surface area contributed by atoms with Crippen LogP contribution in [0, 0.1) is 23.2 Å². The summed E-state index contributed by atoms with van der Waals surface area (Å²) in [6.07, 6.45) is 2.51. The molecule has 0 amide bonds. The largest absolute Gasteiger partial charge is 0.303 e. The van der Waals surface area contributed by atoms with Crippen LogP contribution in [0.1, 0.15) is 12.8 Å². The fraction of sp³-hybridized carbons (Fsp3) is 0.800. The van der Waals surface area contributed by atoms with Crippen LogP contribution in [0.5, 0.6) is 0 Å². The molecule has 13 heavy (non-hydrogen) atoms. The van der Waals surface area contributed by atoms with Gasteiger partial charge < -0.3 is 4.90 Å². The van der Waals surface area contributed by atoms with E-state index in [1.54, 1.807) is 7.05 Å². The van der Waals surface area contributed by atoms with Gasteiger partial charge in [0.1, 0.15) is 11.8 Å². The third-order valence-electron chi connectivity index (χ3n) is 3.36. The zero-order valence-electron chi connectivity index (χ0n) is 8.03. The van der Waals surface area contributed by atoms with Gasteiger partial charge in [-0.2, -0.15) is 5.26 Å². The fourth-order valence-electron chi connectivity index (χ4n) is 2.57. The Labute approximate surface area is 79.1 Å². The Morgan fingerprint density at radius 1 is 1.46 bits per heavy atom. The molecule has 1 unspecified atom stereocenters. The molecule has 3 saturated heterocycles. The van der Waals surface area contributed by atoms with Gasteiger partial charge in [0.15, 0.2) is 0 Å². The number of hydrogen-bond donors (Lipinski definition) is 0. The number of nitriles is 1. The molecule has 3 aliphatic heterocycles. The number of aliphatic imine (C=N–C) groups is 1. The van der Waals surface area contributed by atoms with Gasteiger partial charge in [0.25, 0.3) is 0 Å². The van der Waals surface area contributed by atoms with Crippen LogP contribution in [0.4, 0.5) is 0 Å². The highest BCUT2D eigenvalue weighted by atomic mass is 15.1. The zero-order valence-corrected chi connectivity index (χ0v) is 8.03. The van der Waals surface area contributed by atoms with E-state index in [4.69, 9.17) is 5.26 Å². The smallest absolute Gasteiger partial charge is 0.116 e. The Balaban J connectivity index is 2.13. The molecule has 0 aromatic rings. The molecule has 3 fully saturated rings. The molecule has 0 saturated carbocycles. The Hall–Kier alpha value is -0.880. The van der Waals surface area contributed by atoms with Gasteiger partial charge in [-0.05, 0) is 31.8 Å². The lowest BCUT2D eigenvalue weighted by Crippen LogP contribution is -2.49. The second-order valence-corrected chi connectivity index (χ2v) is 3.97. The van der Waals surface area contributed by atoms with Crippen molar-refractivity contribution in [3.63, 3.8) is 0 Å². The predicted molar refractivity (Wildman–Crippen MR) is 51.6 cm³/mol. The zero-order chi connectivity index (χ0) is 9.26. The lowest BCUT2D eigenvalue weighted by Gasteiger charge is -2.44.